The van der Waals surface area contributed by atoms with Crippen LogP contribution in [0.1, 0.15) is 0 Å². The number of fused-ring (bicyclic) bond motifs is 1. The molecule has 0 radical (unpaired) electrons. The van der Waals surface area contributed by atoms with Gasteiger partial charge in [0, 0.05) is 49.2 Å². The van der Waals surface area contributed by atoms with Gasteiger partial charge >= 0.3 is 0 Å². The van der Waals surface area contributed by atoms with Gasteiger partial charge in [-0.05, 0) is 30.3 Å². The second kappa shape index (κ2) is 6.30. The third kappa shape index (κ3) is 2.84. The number of benzene rings is 2. The highest BCUT2D eigenvalue weighted by Gasteiger charge is 2.16. The lowest BCUT2D eigenvalue weighted by Crippen LogP contribution is -2.43. The Bertz CT molecular complexity index is 804. The van der Waals surface area contributed by atoms with E-state index < -0.39 is 0 Å². The molecular weight excluding hydrogens is 302 g/mol. The standard InChI is InChI=1S/C19H21N3S/c1-21-17-8-5-9-18(22-12-10-20-11-13-22)16(17)14-19(21)23-15-6-3-2-4-7-15/h2-9,14,20H,10-13H2,1H3. The van der Waals surface area contributed by atoms with Gasteiger partial charge in [0.1, 0.15) is 0 Å². The van der Waals surface area contributed by atoms with Crippen LogP contribution in [0.4, 0.5) is 5.69 Å². The molecule has 0 atom stereocenters. The zero-order valence-electron chi connectivity index (χ0n) is 13.3. The number of hydrogen-bond acceptors (Lipinski definition) is 3. The van der Waals surface area contributed by atoms with E-state index in [0.717, 1.165) is 26.2 Å². The summed E-state index contributed by atoms with van der Waals surface area (Å²) in [6.07, 6.45) is 0. The van der Waals surface area contributed by atoms with Crippen LogP contribution >= 0.6 is 11.8 Å². The minimum atomic E-state index is 1.06. The molecule has 1 fully saturated rings. The number of nitrogens with one attached hydrogen (secondary N) is 1. The van der Waals surface area contributed by atoms with Crippen molar-refractivity contribution in [1.82, 2.24) is 9.88 Å². The Labute approximate surface area is 141 Å². The van der Waals surface area contributed by atoms with E-state index in [2.05, 4.69) is 76.4 Å². The van der Waals surface area contributed by atoms with Crippen molar-refractivity contribution >= 4 is 28.4 Å². The molecule has 2 heterocycles. The van der Waals surface area contributed by atoms with Crippen LogP contribution in [0.25, 0.3) is 10.9 Å². The Kier molecular flexibility index (Phi) is 4.02. The Morgan fingerprint density at radius 1 is 0.957 bits per heavy atom. The number of piperazine rings is 1. The predicted molar refractivity (Wildman–Crippen MR) is 98.6 cm³/mol. The molecule has 0 spiro atoms. The van der Waals surface area contributed by atoms with Crippen LogP contribution in [0.15, 0.2) is 64.5 Å². The normalized spacial score (nSPS) is 15.3. The van der Waals surface area contributed by atoms with Gasteiger partial charge in [-0.3, -0.25) is 0 Å². The minimum absolute atomic E-state index is 1.06. The van der Waals surface area contributed by atoms with Crippen LogP contribution in [-0.4, -0.2) is 30.7 Å². The number of aryl methyl sites for hydroxylation is 1. The summed E-state index contributed by atoms with van der Waals surface area (Å²) >= 11 is 1.83. The second-order valence-electron chi connectivity index (χ2n) is 5.90. The fourth-order valence-electron chi connectivity index (χ4n) is 3.21. The summed E-state index contributed by atoms with van der Waals surface area (Å²) in [6, 6.07) is 19.6. The zero-order valence-corrected chi connectivity index (χ0v) is 14.1. The van der Waals surface area contributed by atoms with Crippen molar-refractivity contribution < 1.29 is 0 Å². The zero-order chi connectivity index (χ0) is 15.6. The molecule has 0 amide bonds. The summed E-state index contributed by atoms with van der Waals surface area (Å²) in [5.41, 5.74) is 2.67. The Morgan fingerprint density at radius 2 is 1.74 bits per heavy atom. The Morgan fingerprint density at radius 3 is 2.52 bits per heavy atom. The van der Waals surface area contributed by atoms with Crippen LogP contribution in [0.2, 0.25) is 0 Å². The van der Waals surface area contributed by atoms with E-state index in [1.165, 1.54) is 26.5 Å². The highest BCUT2D eigenvalue weighted by atomic mass is 32.2. The summed E-state index contributed by atoms with van der Waals surface area (Å²) < 4.78 is 2.30. The van der Waals surface area contributed by atoms with Crippen LogP contribution in [0.5, 0.6) is 0 Å². The summed E-state index contributed by atoms with van der Waals surface area (Å²) in [7, 11) is 2.16. The molecule has 3 aromatic rings. The Hall–Kier alpha value is -1.91. The largest absolute Gasteiger partial charge is 0.368 e. The van der Waals surface area contributed by atoms with Crippen molar-refractivity contribution in [2.45, 2.75) is 9.92 Å². The molecular formula is C19H21N3S. The van der Waals surface area contributed by atoms with Gasteiger partial charge in [0.2, 0.25) is 0 Å². The molecule has 0 aliphatic carbocycles. The Balaban J connectivity index is 1.74. The van der Waals surface area contributed by atoms with Gasteiger partial charge in [0.05, 0.1) is 10.5 Å². The second-order valence-corrected chi connectivity index (χ2v) is 7.00. The summed E-state index contributed by atoms with van der Waals surface area (Å²) in [4.78, 5) is 3.78. The molecule has 2 aromatic carbocycles. The van der Waals surface area contributed by atoms with Crippen molar-refractivity contribution in [1.29, 1.82) is 0 Å². The van der Waals surface area contributed by atoms with E-state index in [4.69, 9.17) is 0 Å². The average Bonchev–Trinajstić information content (AvgIpc) is 2.93. The molecule has 4 rings (SSSR count). The van der Waals surface area contributed by atoms with Crippen molar-refractivity contribution in [3.05, 3.63) is 54.6 Å². The fourth-order valence-corrected chi connectivity index (χ4v) is 4.16. The molecule has 3 nitrogen and oxygen atoms in total. The highest BCUT2D eigenvalue weighted by Crippen LogP contribution is 2.36. The van der Waals surface area contributed by atoms with Gasteiger partial charge in [0.25, 0.3) is 0 Å². The van der Waals surface area contributed by atoms with E-state index >= 15 is 0 Å². The lowest BCUT2D eigenvalue weighted by molar-refractivity contribution is 0.590. The quantitative estimate of drug-likeness (QED) is 0.793. The van der Waals surface area contributed by atoms with Gasteiger partial charge in [0.15, 0.2) is 0 Å². The van der Waals surface area contributed by atoms with Gasteiger partial charge in [-0.2, -0.15) is 0 Å². The number of aromatic nitrogens is 1. The predicted octanol–water partition coefficient (Wildman–Crippen LogP) is 3.74. The number of hydrogen-bond donors (Lipinski definition) is 1. The van der Waals surface area contributed by atoms with E-state index in [0.29, 0.717) is 0 Å². The van der Waals surface area contributed by atoms with E-state index in [9.17, 15) is 0 Å². The third-order valence-corrected chi connectivity index (χ3v) is 5.55. The lowest BCUT2D eigenvalue weighted by Gasteiger charge is -2.30. The SMILES string of the molecule is Cn1c(Sc2ccccc2)cc2c(N3CCNCC3)cccc21. The number of rotatable bonds is 3. The maximum Gasteiger partial charge on any atom is 0.0805 e. The van der Waals surface area contributed by atoms with Gasteiger partial charge in [-0.1, -0.05) is 36.0 Å². The van der Waals surface area contributed by atoms with Crippen LogP contribution < -0.4 is 10.2 Å². The first-order valence-corrected chi connectivity index (χ1v) is 8.91. The molecule has 1 aliphatic heterocycles. The van der Waals surface area contributed by atoms with Gasteiger partial charge in [-0.25, -0.2) is 0 Å². The van der Waals surface area contributed by atoms with Crippen molar-refractivity contribution in [2.24, 2.45) is 7.05 Å². The van der Waals surface area contributed by atoms with Crippen molar-refractivity contribution in [2.75, 3.05) is 31.1 Å². The van der Waals surface area contributed by atoms with Crippen molar-refractivity contribution in [3.8, 4) is 0 Å². The van der Waals surface area contributed by atoms with Gasteiger partial charge in [-0.15, -0.1) is 0 Å². The molecule has 1 aromatic heterocycles. The number of anilines is 1. The smallest absolute Gasteiger partial charge is 0.0805 e. The van der Waals surface area contributed by atoms with Crippen LogP contribution in [0.3, 0.4) is 0 Å². The maximum absolute atomic E-state index is 3.43. The van der Waals surface area contributed by atoms with Gasteiger partial charge < -0.3 is 14.8 Å². The summed E-state index contributed by atoms with van der Waals surface area (Å²) in [5.74, 6) is 0. The summed E-state index contributed by atoms with van der Waals surface area (Å²) in [6.45, 7) is 4.29. The van der Waals surface area contributed by atoms with Crippen LogP contribution in [-0.2, 0) is 7.05 Å². The number of nitrogens with zero attached hydrogens (tertiary/aromatic N) is 2. The first-order chi connectivity index (χ1) is 11.3. The van der Waals surface area contributed by atoms with E-state index in [-0.39, 0.29) is 0 Å². The molecule has 118 valence electrons. The molecule has 0 bridgehead atoms. The molecule has 0 saturated carbocycles. The average molecular weight is 323 g/mol. The monoisotopic (exact) mass is 323 g/mol. The first kappa shape index (κ1) is 14.7. The van der Waals surface area contributed by atoms with E-state index in [1.54, 1.807) is 0 Å². The maximum atomic E-state index is 3.43. The molecule has 0 unspecified atom stereocenters. The molecule has 4 heteroatoms. The van der Waals surface area contributed by atoms with E-state index in [1.807, 2.05) is 11.8 Å². The lowest BCUT2D eigenvalue weighted by atomic mass is 10.2. The fraction of sp³-hybridized carbons (Fsp3) is 0.263. The molecule has 1 N–H and O–H groups in total. The topological polar surface area (TPSA) is 20.2 Å². The molecule has 23 heavy (non-hydrogen) atoms. The third-order valence-electron chi connectivity index (χ3n) is 4.44. The summed E-state index contributed by atoms with van der Waals surface area (Å²) in [5, 5.41) is 6.07. The van der Waals surface area contributed by atoms with Crippen LogP contribution in [0, 0.1) is 0 Å². The molecule has 1 saturated heterocycles. The first-order valence-electron chi connectivity index (χ1n) is 8.10. The molecule has 1 aliphatic rings. The van der Waals surface area contributed by atoms with Crippen molar-refractivity contribution in [3.63, 3.8) is 0 Å². The minimum Gasteiger partial charge on any atom is -0.368 e. The highest BCUT2D eigenvalue weighted by molar-refractivity contribution is 7.99.